The maximum absolute atomic E-state index is 3.73. The fourth-order valence-corrected chi connectivity index (χ4v) is 1.60. The van der Waals surface area contributed by atoms with Crippen LogP contribution in [0.2, 0.25) is 0 Å². The molecule has 0 aromatic carbocycles. The van der Waals surface area contributed by atoms with Crippen molar-refractivity contribution in [2.45, 2.75) is 71.1 Å². The predicted molar refractivity (Wildman–Crippen MR) is 65.7 cm³/mol. The molecule has 0 atom stereocenters. The molecule has 0 saturated heterocycles. The Balaban J connectivity index is 0. The average Bonchev–Trinajstić information content (AvgIpc) is 2.16. The van der Waals surface area contributed by atoms with E-state index in [0.29, 0.717) is 0 Å². The van der Waals surface area contributed by atoms with Crippen molar-refractivity contribution in [1.29, 1.82) is 0 Å². The third-order valence-corrected chi connectivity index (χ3v) is 2.51. The Morgan fingerprint density at radius 2 is 1.21 bits per heavy atom. The zero-order valence-electron chi connectivity index (χ0n) is 9.86. The third kappa shape index (κ3) is 14.2. The summed E-state index contributed by atoms with van der Waals surface area (Å²) >= 11 is 0. The van der Waals surface area contributed by atoms with Crippen molar-refractivity contribution < 1.29 is 5.48 Å². The minimum atomic E-state index is 0. The Hall–Kier alpha value is -0.300. The smallest absolute Gasteiger partial charge is 0.0353 e. The highest BCUT2D eigenvalue weighted by molar-refractivity contribution is 4.65. The number of unbranched alkanes of at least 4 members (excludes halogenated alkanes) is 9. The van der Waals surface area contributed by atoms with Gasteiger partial charge in [0.05, 0.1) is 0 Å². The molecule has 0 rings (SSSR count). The highest BCUT2D eigenvalue weighted by Crippen LogP contribution is 2.10. The first-order valence-corrected chi connectivity index (χ1v) is 6.02. The molecule has 14 heavy (non-hydrogen) atoms. The highest BCUT2D eigenvalue weighted by Gasteiger charge is 1.90. The maximum Gasteiger partial charge on any atom is -0.0353 e. The Kier molecular flexibility index (Phi) is 17.5. The first kappa shape index (κ1) is 16.1. The van der Waals surface area contributed by atoms with Crippen molar-refractivity contribution in [3.05, 3.63) is 12.7 Å². The zero-order valence-corrected chi connectivity index (χ0v) is 9.86. The summed E-state index contributed by atoms with van der Waals surface area (Å²) in [5.41, 5.74) is 0. The molecule has 0 unspecified atom stereocenters. The second-order valence-corrected chi connectivity index (χ2v) is 3.91. The van der Waals surface area contributed by atoms with Gasteiger partial charge in [0.1, 0.15) is 0 Å². The van der Waals surface area contributed by atoms with E-state index in [1.807, 2.05) is 6.08 Å². The van der Waals surface area contributed by atoms with Crippen LogP contribution in [0.15, 0.2) is 12.7 Å². The number of hydrogen-bond acceptors (Lipinski definition) is 0. The van der Waals surface area contributed by atoms with E-state index < -0.39 is 0 Å². The fourth-order valence-electron chi connectivity index (χ4n) is 1.60. The minimum absolute atomic E-state index is 0. The first-order chi connectivity index (χ1) is 6.41. The van der Waals surface area contributed by atoms with Gasteiger partial charge in [-0.25, -0.2) is 0 Å². The Morgan fingerprint density at radius 1 is 0.786 bits per heavy atom. The van der Waals surface area contributed by atoms with Gasteiger partial charge in [0.2, 0.25) is 0 Å². The lowest BCUT2D eigenvalue weighted by molar-refractivity contribution is 0.566. The van der Waals surface area contributed by atoms with E-state index in [9.17, 15) is 0 Å². The molecule has 86 valence electrons. The Bertz CT molecular complexity index is 99.4. The molecule has 0 aliphatic heterocycles. The molecule has 1 heteroatoms. The van der Waals surface area contributed by atoms with Crippen LogP contribution in [-0.4, -0.2) is 5.48 Å². The van der Waals surface area contributed by atoms with E-state index in [0.717, 1.165) is 0 Å². The van der Waals surface area contributed by atoms with Gasteiger partial charge in [-0.2, -0.15) is 0 Å². The molecule has 0 spiro atoms. The molecule has 0 bridgehead atoms. The summed E-state index contributed by atoms with van der Waals surface area (Å²) in [6.07, 6.45) is 16.0. The summed E-state index contributed by atoms with van der Waals surface area (Å²) in [4.78, 5) is 0. The van der Waals surface area contributed by atoms with Gasteiger partial charge in [0, 0.05) is 0 Å². The molecule has 0 aliphatic carbocycles. The van der Waals surface area contributed by atoms with Crippen LogP contribution >= 0.6 is 0 Å². The highest BCUT2D eigenvalue weighted by atomic mass is 16.0. The second-order valence-electron chi connectivity index (χ2n) is 3.91. The summed E-state index contributed by atoms with van der Waals surface area (Å²) in [7, 11) is 0. The monoisotopic (exact) mass is 200 g/mol. The zero-order chi connectivity index (χ0) is 9.78. The molecule has 0 aliphatic rings. The summed E-state index contributed by atoms with van der Waals surface area (Å²) in [6.45, 7) is 6.00. The second kappa shape index (κ2) is 15.2. The van der Waals surface area contributed by atoms with Crippen LogP contribution in [0.1, 0.15) is 71.1 Å². The van der Waals surface area contributed by atoms with E-state index in [-0.39, 0.29) is 5.48 Å². The average molecular weight is 200 g/mol. The lowest BCUT2D eigenvalue weighted by Gasteiger charge is -2.00. The Morgan fingerprint density at radius 3 is 1.64 bits per heavy atom. The van der Waals surface area contributed by atoms with Gasteiger partial charge >= 0.3 is 0 Å². The van der Waals surface area contributed by atoms with E-state index in [2.05, 4.69) is 13.5 Å². The summed E-state index contributed by atoms with van der Waals surface area (Å²) < 4.78 is 0. The molecule has 0 aromatic rings. The van der Waals surface area contributed by atoms with Crippen LogP contribution in [0, 0.1) is 0 Å². The predicted octanol–water partition coefficient (Wildman–Crippen LogP) is 4.27. The van der Waals surface area contributed by atoms with Gasteiger partial charge in [0.25, 0.3) is 0 Å². The van der Waals surface area contributed by atoms with Gasteiger partial charge in [-0.3, -0.25) is 0 Å². The van der Waals surface area contributed by atoms with Crippen molar-refractivity contribution in [2.24, 2.45) is 0 Å². The van der Waals surface area contributed by atoms with E-state index in [4.69, 9.17) is 0 Å². The van der Waals surface area contributed by atoms with Crippen molar-refractivity contribution >= 4 is 0 Å². The number of rotatable bonds is 10. The largest absolute Gasteiger partial charge is 0.412 e. The van der Waals surface area contributed by atoms with Crippen LogP contribution in [-0.2, 0) is 0 Å². The Labute approximate surface area is 89.9 Å². The molecule has 0 radical (unpaired) electrons. The van der Waals surface area contributed by atoms with E-state index >= 15 is 0 Å². The van der Waals surface area contributed by atoms with Crippen molar-refractivity contribution in [3.63, 3.8) is 0 Å². The van der Waals surface area contributed by atoms with Crippen LogP contribution in [0.25, 0.3) is 0 Å². The molecule has 1 nitrogen and oxygen atoms in total. The summed E-state index contributed by atoms with van der Waals surface area (Å²) in [6, 6.07) is 0. The van der Waals surface area contributed by atoms with Gasteiger partial charge in [-0.15, -0.1) is 6.58 Å². The molecule has 0 amide bonds. The topological polar surface area (TPSA) is 31.5 Å². The molecule has 0 saturated carbocycles. The lowest BCUT2D eigenvalue weighted by atomic mass is 10.1. The van der Waals surface area contributed by atoms with Crippen molar-refractivity contribution in [2.75, 3.05) is 0 Å². The molecular formula is C13H28O. The third-order valence-electron chi connectivity index (χ3n) is 2.51. The van der Waals surface area contributed by atoms with Crippen LogP contribution < -0.4 is 0 Å². The van der Waals surface area contributed by atoms with Crippen molar-refractivity contribution in [1.82, 2.24) is 0 Å². The minimum Gasteiger partial charge on any atom is -0.412 e. The normalized spacial score (nSPS) is 9.50. The SMILES string of the molecule is C=CCCCCCCCCCCC.O. The number of hydrogen-bond donors (Lipinski definition) is 0. The lowest BCUT2D eigenvalue weighted by Crippen LogP contribution is -1.80. The summed E-state index contributed by atoms with van der Waals surface area (Å²) in [5, 5.41) is 0. The van der Waals surface area contributed by atoms with E-state index in [1.54, 1.807) is 0 Å². The molecule has 0 heterocycles. The van der Waals surface area contributed by atoms with Crippen molar-refractivity contribution in [3.8, 4) is 0 Å². The van der Waals surface area contributed by atoms with Crippen LogP contribution in [0.4, 0.5) is 0 Å². The molecular weight excluding hydrogens is 172 g/mol. The molecule has 2 N–H and O–H groups in total. The van der Waals surface area contributed by atoms with Gasteiger partial charge in [0.15, 0.2) is 0 Å². The van der Waals surface area contributed by atoms with Gasteiger partial charge < -0.3 is 5.48 Å². The summed E-state index contributed by atoms with van der Waals surface area (Å²) in [5.74, 6) is 0. The number of allylic oxidation sites excluding steroid dienone is 1. The maximum atomic E-state index is 3.73. The molecule has 0 aromatic heterocycles. The standard InChI is InChI=1S/C13H26.H2O/c1-3-5-7-9-11-13-12-10-8-6-4-2;/h3H,1,4-13H2,2H3;1H2. The fraction of sp³-hybridized carbons (Fsp3) is 0.846. The van der Waals surface area contributed by atoms with Gasteiger partial charge in [-0.1, -0.05) is 64.4 Å². The van der Waals surface area contributed by atoms with Gasteiger partial charge in [-0.05, 0) is 12.8 Å². The molecule has 0 fully saturated rings. The van der Waals surface area contributed by atoms with E-state index in [1.165, 1.54) is 64.2 Å². The van der Waals surface area contributed by atoms with Crippen LogP contribution in [0.3, 0.4) is 0 Å². The quantitative estimate of drug-likeness (QED) is 0.372. The first-order valence-electron chi connectivity index (χ1n) is 6.02. The van der Waals surface area contributed by atoms with Crippen LogP contribution in [0.5, 0.6) is 0 Å².